The summed E-state index contributed by atoms with van der Waals surface area (Å²) in [5, 5.41) is 2.82. The van der Waals surface area contributed by atoms with Gasteiger partial charge in [0.05, 0.1) is 13.5 Å². The van der Waals surface area contributed by atoms with E-state index in [4.69, 9.17) is 4.74 Å². The number of amides is 2. The van der Waals surface area contributed by atoms with Crippen LogP contribution < -0.4 is 5.32 Å². The molecule has 29 heavy (non-hydrogen) atoms. The number of carbonyl (C=O) groups excluding carboxylic acids is 2. The van der Waals surface area contributed by atoms with Gasteiger partial charge >= 0.3 is 12.0 Å². The summed E-state index contributed by atoms with van der Waals surface area (Å²) in [5.74, 6) is -0.385. The average molecular weight is 400 g/mol. The molecule has 5 nitrogen and oxygen atoms in total. The molecule has 1 atom stereocenters. The summed E-state index contributed by atoms with van der Waals surface area (Å²) in [4.78, 5) is 25.8. The quantitative estimate of drug-likeness (QED) is 0.737. The Hall–Kier alpha value is -2.89. The van der Waals surface area contributed by atoms with Crippen molar-refractivity contribution in [2.75, 3.05) is 25.5 Å². The summed E-state index contributed by atoms with van der Waals surface area (Å²) < 4.78 is 17.7. The first-order valence-corrected chi connectivity index (χ1v) is 10.0. The highest BCUT2D eigenvalue weighted by molar-refractivity contribution is 5.89. The molecule has 1 saturated heterocycles. The molecule has 0 aromatic heterocycles. The Labute approximate surface area is 171 Å². The molecule has 2 aromatic rings. The van der Waals surface area contributed by atoms with Crippen LogP contribution in [0.5, 0.6) is 0 Å². The number of urea groups is 1. The molecule has 1 heterocycles. The summed E-state index contributed by atoms with van der Waals surface area (Å²) in [6.07, 6.45) is 2.14. The number of hydrogen-bond donors (Lipinski definition) is 1. The minimum atomic E-state index is -0.335. The molecule has 3 rings (SSSR count). The number of benzene rings is 2. The zero-order valence-corrected chi connectivity index (χ0v) is 17.3. The van der Waals surface area contributed by atoms with Crippen molar-refractivity contribution in [1.82, 2.24) is 4.90 Å². The van der Waals surface area contributed by atoms with Crippen LogP contribution in [0.2, 0.25) is 0 Å². The van der Waals surface area contributed by atoms with Crippen LogP contribution in [0.15, 0.2) is 48.5 Å². The van der Waals surface area contributed by atoms with E-state index in [1.54, 1.807) is 17.0 Å². The lowest BCUT2D eigenvalue weighted by molar-refractivity contribution is -0.139. The second-order valence-corrected chi connectivity index (χ2v) is 6.72. The van der Waals surface area contributed by atoms with Crippen LogP contribution in [0.25, 0.3) is 0 Å². The van der Waals surface area contributed by atoms with Crippen LogP contribution in [-0.4, -0.2) is 37.1 Å². The summed E-state index contributed by atoms with van der Waals surface area (Å²) in [7, 11) is 1.38. The van der Waals surface area contributed by atoms with Gasteiger partial charge in [0.1, 0.15) is 5.82 Å². The van der Waals surface area contributed by atoms with E-state index in [1.165, 1.54) is 19.2 Å². The first-order chi connectivity index (χ1) is 14.0. The standard InChI is InChI=1S/C21H23FN2O3.C2H6/c1-27-20(25)13-15-4-2-5-16(12-15)17-6-3-11-24(14-17)21(26)23-19-9-7-18(22)8-10-19;1-2/h2,4-5,7-10,12,17H,3,6,11,13-14H2,1H3,(H,23,26);1-2H3. The second kappa shape index (κ2) is 11.2. The average Bonchev–Trinajstić information content (AvgIpc) is 2.77. The third kappa shape index (κ3) is 6.59. The number of esters is 1. The van der Waals surface area contributed by atoms with Crippen LogP contribution in [0.4, 0.5) is 14.9 Å². The number of halogens is 1. The molecule has 0 bridgehead atoms. The smallest absolute Gasteiger partial charge is 0.321 e. The van der Waals surface area contributed by atoms with Crippen LogP contribution in [0.3, 0.4) is 0 Å². The Morgan fingerprint density at radius 1 is 1.17 bits per heavy atom. The van der Waals surface area contributed by atoms with Gasteiger partial charge in [-0.15, -0.1) is 0 Å². The third-order valence-corrected chi connectivity index (χ3v) is 4.80. The molecular weight excluding hydrogens is 371 g/mol. The van der Waals surface area contributed by atoms with Crippen LogP contribution in [0.1, 0.15) is 43.7 Å². The van der Waals surface area contributed by atoms with Crippen molar-refractivity contribution < 1.29 is 18.7 Å². The number of nitrogens with zero attached hydrogens (tertiary/aromatic N) is 1. The van der Waals surface area contributed by atoms with Gasteiger partial charge < -0.3 is 15.0 Å². The van der Waals surface area contributed by atoms with Gasteiger partial charge in [-0.05, 0) is 48.2 Å². The molecule has 6 heteroatoms. The SMILES string of the molecule is CC.COC(=O)Cc1cccc(C2CCCN(C(=O)Nc3ccc(F)cc3)C2)c1. The molecule has 0 aliphatic carbocycles. The van der Waals surface area contributed by atoms with Gasteiger partial charge in [-0.3, -0.25) is 4.79 Å². The number of likely N-dealkylation sites (tertiary alicyclic amines) is 1. The first kappa shape index (κ1) is 22.4. The van der Waals surface area contributed by atoms with E-state index in [0.29, 0.717) is 18.8 Å². The zero-order chi connectivity index (χ0) is 21.2. The van der Waals surface area contributed by atoms with Crippen LogP contribution in [0, 0.1) is 5.82 Å². The molecule has 1 aliphatic heterocycles. The van der Waals surface area contributed by atoms with E-state index in [9.17, 15) is 14.0 Å². The third-order valence-electron chi connectivity index (χ3n) is 4.80. The second-order valence-electron chi connectivity index (χ2n) is 6.72. The number of methoxy groups -OCH3 is 1. The summed E-state index contributed by atoms with van der Waals surface area (Å²) in [6, 6.07) is 13.4. The molecular formula is C23H29FN2O3. The van der Waals surface area contributed by atoms with Crippen molar-refractivity contribution in [1.29, 1.82) is 0 Å². The van der Waals surface area contributed by atoms with Gasteiger partial charge in [0.15, 0.2) is 0 Å². The minimum Gasteiger partial charge on any atom is -0.469 e. The van der Waals surface area contributed by atoms with Crippen molar-refractivity contribution >= 4 is 17.7 Å². The Morgan fingerprint density at radius 3 is 2.59 bits per heavy atom. The molecule has 0 radical (unpaired) electrons. The monoisotopic (exact) mass is 400 g/mol. The topological polar surface area (TPSA) is 58.6 Å². The number of nitrogens with one attached hydrogen (secondary N) is 1. The van der Waals surface area contributed by atoms with Crippen LogP contribution in [-0.2, 0) is 16.0 Å². The van der Waals surface area contributed by atoms with E-state index in [-0.39, 0.29) is 30.2 Å². The highest BCUT2D eigenvalue weighted by Crippen LogP contribution is 2.28. The van der Waals surface area contributed by atoms with E-state index < -0.39 is 0 Å². The summed E-state index contributed by atoms with van der Waals surface area (Å²) in [6.45, 7) is 5.29. The van der Waals surface area contributed by atoms with E-state index in [2.05, 4.69) is 5.32 Å². The molecule has 156 valence electrons. The van der Waals surface area contributed by atoms with Crippen molar-refractivity contribution in [2.45, 2.75) is 39.0 Å². The maximum absolute atomic E-state index is 13.0. The lowest BCUT2D eigenvalue weighted by Gasteiger charge is -2.33. The van der Waals surface area contributed by atoms with Gasteiger partial charge in [-0.25, -0.2) is 9.18 Å². The Bertz CT molecular complexity index is 808. The molecule has 1 unspecified atom stereocenters. The van der Waals surface area contributed by atoms with Gasteiger partial charge in [0.25, 0.3) is 0 Å². The van der Waals surface area contributed by atoms with Crippen molar-refractivity contribution in [3.63, 3.8) is 0 Å². The molecule has 0 saturated carbocycles. The predicted octanol–water partition coefficient (Wildman–Crippen LogP) is 4.98. The fraction of sp³-hybridized carbons (Fsp3) is 0.391. The van der Waals surface area contributed by atoms with E-state index in [0.717, 1.165) is 24.0 Å². The number of ether oxygens (including phenoxy) is 1. The molecule has 1 N–H and O–H groups in total. The molecule has 1 fully saturated rings. The molecule has 1 aliphatic rings. The minimum absolute atomic E-state index is 0.183. The van der Waals surface area contributed by atoms with E-state index >= 15 is 0 Å². The molecule has 2 aromatic carbocycles. The Kier molecular flexibility index (Phi) is 8.65. The zero-order valence-electron chi connectivity index (χ0n) is 17.3. The predicted molar refractivity (Wildman–Crippen MR) is 112 cm³/mol. The fourth-order valence-electron chi connectivity index (χ4n) is 3.37. The lowest BCUT2D eigenvalue weighted by atomic mass is 9.89. The van der Waals surface area contributed by atoms with Crippen molar-refractivity contribution in [2.24, 2.45) is 0 Å². The lowest BCUT2D eigenvalue weighted by Crippen LogP contribution is -2.41. The molecule has 2 amide bonds. The van der Waals surface area contributed by atoms with Gasteiger partial charge in [0, 0.05) is 24.7 Å². The van der Waals surface area contributed by atoms with Gasteiger partial charge in [0.2, 0.25) is 0 Å². The number of hydrogen-bond acceptors (Lipinski definition) is 3. The Balaban J connectivity index is 0.00000145. The maximum Gasteiger partial charge on any atom is 0.321 e. The molecule has 0 spiro atoms. The van der Waals surface area contributed by atoms with E-state index in [1.807, 2.05) is 38.1 Å². The maximum atomic E-state index is 13.0. The summed E-state index contributed by atoms with van der Waals surface area (Å²) in [5.41, 5.74) is 2.60. The fourth-order valence-corrected chi connectivity index (χ4v) is 3.37. The number of rotatable bonds is 4. The largest absolute Gasteiger partial charge is 0.469 e. The summed E-state index contributed by atoms with van der Waals surface area (Å²) >= 11 is 0. The number of piperidine rings is 1. The normalized spacial score (nSPS) is 15.7. The first-order valence-electron chi connectivity index (χ1n) is 10.0. The van der Waals surface area contributed by atoms with Gasteiger partial charge in [-0.2, -0.15) is 0 Å². The number of anilines is 1. The highest BCUT2D eigenvalue weighted by atomic mass is 19.1. The van der Waals surface area contributed by atoms with Crippen molar-refractivity contribution in [3.8, 4) is 0 Å². The Morgan fingerprint density at radius 2 is 1.90 bits per heavy atom. The number of carbonyl (C=O) groups is 2. The van der Waals surface area contributed by atoms with Crippen LogP contribution >= 0.6 is 0 Å². The van der Waals surface area contributed by atoms with Crippen molar-refractivity contribution in [3.05, 3.63) is 65.5 Å². The highest BCUT2D eigenvalue weighted by Gasteiger charge is 2.25. The van der Waals surface area contributed by atoms with Gasteiger partial charge in [-0.1, -0.05) is 38.1 Å².